The Kier molecular flexibility index (Phi) is 7.31. The van der Waals surface area contributed by atoms with Gasteiger partial charge in [0.05, 0.1) is 0 Å². The van der Waals surface area contributed by atoms with Crippen molar-refractivity contribution in [2.45, 2.75) is 58.4 Å². The van der Waals surface area contributed by atoms with Crippen LogP contribution in [0.4, 0.5) is 0 Å². The molecule has 0 aromatic rings. The molecule has 0 N–H and O–H groups in total. The number of halogens is 1. The van der Waals surface area contributed by atoms with Crippen LogP contribution >= 0.6 is 11.6 Å². The van der Waals surface area contributed by atoms with Crippen LogP contribution in [0.3, 0.4) is 0 Å². The Morgan fingerprint density at radius 3 is 1.48 bits per heavy atom. The standard InChI is InChI=1S/C14H17ClO10/c1-5(16)21-9-10(22-6(2)17)12(23-7(3)18)14(24-8(4)19)25-11(9)13(15)20/h9-12,14H,1-4H3. The summed E-state index contributed by atoms with van der Waals surface area (Å²) in [7, 11) is 0. The zero-order valence-corrected chi connectivity index (χ0v) is 14.6. The number of carbonyl (C=O) groups excluding carboxylic acids is 5. The van der Waals surface area contributed by atoms with Crippen LogP contribution in [0.15, 0.2) is 0 Å². The molecule has 11 heteroatoms. The van der Waals surface area contributed by atoms with Gasteiger partial charge in [-0.2, -0.15) is 0 Å². The van der Waals surface area contributed by atoms with Gasteiger partial charge in [0.15, 0.2) is 18.3 Å². The summed E-state index contributed by atoms with van der Waals surface area (Å²) in [6, 6.07) is 0. The average molecular weight is 381 g/mol. The molecule has 1 aliphatic heterocycles. The van der Waals surface area contributed by atoms with Gasteiger partial charge in [0.1, 0.15) is 0 Å². The summed E-state index contributed by atoms with van der Waals surface area (Å²) in [5.41, 5.74) is 0. The maximum Gasteiger partial charge on any atom is 0.305 e. The number of rotatable bonds is 5. The first-order chi connectivity index (χ1) is 11.5. The first kappa shape index (κ1) is 20.8. The van der Waals surface area contributed by atoms with Gasteiger partial charge in [0.25, 0.3) is 5.24 Å². The highest BCUT2D eigenvalue weighted by Crippen LogP contribution is 2.30. The van der Waals surface area contributed by atoms with E-state index in [0.29, 0.717) is 0 Å². The summed E-state index contributed by atoms with van der Waals surface area (Å²) in [5, 5.41) is -1.10. The van der Waals surface area contributed by atoms with Gasteiger partial charge in [-0.3, -0.25) is 24.0 Å². The van der Waals surface area contributed by atoms with E-state index < -0.39 is 59.8 Å². The molecule has 0 aliphatic carbocycles. The largest absolute Gasteiger partial charge is 0.455 e. The fourth-order valence-electron chi connectivity index (χ4n) is 2.22. The van der Waals surface area contributed by atoms with Gasteiger partial charge in [0, 0.05) is 27.7 Å². The van der Waals surface area contributed by atoms with Crippen LogP contribution in [0.5, 0.6) is 0 Å². The van der Waals surface area contributed by atoms with Crippen LogP contribution in [-0.2, 0) is 47.7 Å². The van der Waals surface area contributed by atoms with Crippen molar-refractivity contribution in [3.8, 4) is 0 Å². The summed E-state index contributed by atoms with van der Waals surface area (Å²) in [5.74, 6) is -3.31. The first-order valence-electron chi connectivity index (χ1n) is 7.06. The quantitative estimate of drug-likeness (QED) is 0.360. The summed E-state index contributed by atoms with van der Waals surface area (Å²) >= 11 is 5.45. The number of carbonyl (C=O) groups is 5. The van der Waals surface area contributed by atoms with Crippen molar-refractivity contribution in [3.63, 3.8) is 0 Å². The molecule has 0 radical (unpaired) electrons. The van der Waals surface area contributed by atoms with Gasteiger partial charge in [0.2, 0.25) is 12.4 Å². The molecule has 0 aromatic heterocycles. The van der Waals surface area contributed by atoms with Gasteiger partial charge in [-0.05, 0) is 11.6 Å². The third-order valence-electron chi connectivity index (χ3n) is 2.91. The van der Waals surface area contributed by atoms with E-state index in [9.17, 15) is 24.0 Å². The van der Waals surface area contributed by atoms with Crippen LogP contribution in [0.25, 0.3) is 0 Å². The van der Waals surface area contributed by atoms with Crippen molar-refractivity contribution in [2.75, 3.05) is 0 Å². The van der Waals surface area contributed by atoms with Crippen LogP contribution in [0.2, 0.25) is 0 Å². The SMILES string of the molecule is CC(=O)OC1OC(C(=O)Cl)C(OC(C)=O)C(OC(C)=O)C1OC(C)=O. The normalized spacial score (nSPS) is 28.4. The van der Waals surface area contributed by atoms with Crippen molar-refractivity contribution >= 4 is 40.7 Å². The van der Waals surface area contributed by atoms with Crippen molar-refractivity contribution in [1.82, 2.24) is 0 Å². The minimum absolute atomic E-state index is 0.819. The van der Waals surface area contributed by atoms with E-state index in [2.05, 4.69) is 0 Å². The average Bonchev–Trinajstić information content (AvgIpc) is 2.42. The van der Waals surface area contributed by atoms with Gasteiger partial charge in [-0.15, -0.1) is 0 Å². The van der Waals surface area contributed by atoms with Crippen molar-refractivity contribution < 1.29 is 47.7 Å². The lowest BCUT2D eigenvalue weighted by molar-refractivity contribution is -0.289. The minimum Gasteiger partial charge on any atom is -0.455 e. The summed E-state index contributed by atoms with van der Waals surface area (Å²) in [4.78, 5) is 57.0. The summed E-state index contributed by atoms with van der Waals surface area (Å²) < 4.78 is 25.1. The van der Waals surface area contributed by atoms with E-state index in [1.54, 1.807) is 0 Å². The lowest BCUT2D eigenvalue weighted by Gasteiger charge is -2.42. The number of hydrogen-bond acceptors (Lipinski definition) is 10. The Hall–Kier alpha value is -2.20. The second kappa shape index (κ2) is 8.77. The molecule has 0 aromatic carbocycles. The maximum absolute atomic E-state index is 11.6. The fraction of sp³-hybridized carbons (Fsp3) is 0.643. The lowest BCUT2D eigenvalue weighted by atomic mass is 9.98. The van der Waals surface area contributed by atoms with Crippen molar-refractivity contribution in [3.05, 3.63) is 0 Å². The predicted molar refractivity (Wildman–Crippen MR) is 77.9 cm³/mol. The third-order valence-corrected chi connectivity index (χ3v) is 3.12. The van der Waals surface area contributed by atoms with Gasteiger partial charge >= 0.3 is 23.9 Å². The van der Waals surface area contributed by atoms with Gasteiger partial charge < -0.3 is 23.7 Å². The topological polar surface area (TPSA) is 132 Å². The molecule has 1 heterocycles. The Labute approximate surface area is 147 Å². The number of esters is 4. The van der Waals surface area contributed by atoms with Crippen LogP contribution in [0, 0.1) is 0 Å². The molecule has 5 atom stereocenters. The number of hydrogen-bond donors (Lipinski definition) is 0. The smallest absolute Gasteiger partial charge is 0.305 e. The molecule has 0 spiro atoms. The second-order valence-corrected chi connectivity index (χ2v) is 5.43. The highest BCUT2D eigenvalue weighted by molar-refractivity contribution is 6.64. The van der Waals surface area contributed by atoms with Crippen LogP contribution in [0.1, 0.15) is 27.7 Å². The monoisotopic (exact) mass is 380 g/mol. The zero-order chi connectivity index (χ0) is 19.3. The van der Waals surface area contributed by atoms with E-state index in [1.807, 2.05) is 0 Å². The van der Waals surface area contributed by atoms with Crippen molar-refractivity contribution in [2.24, 2.45) is 0 Å². The zero-order valence-electron chi connectivity index (χ0n) is 13.8. The molecule has 1 rings (SSSR count). The second-order valence-electron chi connectivity index (χ2n) is 5.06. The molecule has 140 valence electrons. The molecule has 1 aliphatic rings. The van der Waals surface area contributed by atoms with Gasteiger partial charge in [-0.25, -0.2) is 0 Å². The molecule has 5 unspecified atom stereocenters. The summed E-state index contributed by atoms with van der Waals surface area (Å²) in [6.45, 7) is 4.18. The molecule has 0 amide bonds. The molecule has 0 saturated carbocycles. The van der Waals surface area contributed by atoms with Gasteiger partial charge in [-0.1, -0.05) is 0 Å². The van der Waals surface area contributed by atoms with Crippen LogP contribution in [-0.4, -0.2) is 59.8 Å². The van der Waals surface area contributed by atoms with E-state index >= 15 is 0 Å². The van der Waals surface area contributed by atoms with Crippen LogP contribution < -0.4 is 0 Å². The Balaban J connectivity index is 3.33. The van der Waals surface area contributed by atoms with E-state index in [0.717, 1.165) is 27.7 Å². The van der Waals surface area contributed by atoms with Crippen molar-refractivity contribution in [1.29, 1.82) is 0 Å². The molecular formula is C14H17ClO10. The Morgan fingerprint density at radius 1 is 0.680 bits per heavy atom. The highest BCUT2D eigenvalue weighted by atomic mass is 35.5. The van der Waals surface area contributed by atoms with E-state index in [-0.39, 0.29) is 0 Å². The Morgan fingerprint density at radius 2 is 1.08 bits per heavy atom. The lowest BCUT2D eigenvalue weighted by Crippen LogP contribution is -2.63. The molecule has 10 nitrogen and oxygen atoms in total. The molecule has 0 bridgehead atoms. The third kappa shape index (κ3) is 5.98. The van der Waals surface area contributed by atoms with E-state index in [1.165, 1.54) is 0 Å². The summed E-state index contributed by atoms with van der Waals surface area (Å²) in [6.07, 6.45) is -7.71. The first-order valence-corrected chi connectivity index (χ1v) is 7.44. The number of ether oxygens (including phenoxy) is 5. The minimum atomic E-state index is -1.62. The molecule has 1 saturated heterocycles. The Bertz CT molecular complexity index is 574. The maximum atomic E-state index is 11.6. The van der Waals surface area contributed by atoms with E-state index in [4.69, 9.17) is 35.3 Å². The predicted octanol–water partition coefficient (Wildman–Crippen LogP) is -0.165. The molecular weight excluding hydrogens is 364 g/mol. The molecule has 25 heavy (non-hydrogen) atoms. The highest BCUT2D eigenvalue weighted by Gasteiger charge is 2.55. The fourth-order valence-corrected chi connectivity index (χ4v) is 2.39. The molecule has 1 fully saturated rings.